The number of hydrogen-bond acceptors (Lipinski definition) is 2. The van der Waals surface area contributed by atoms with Crippen molar-refractivity contribution < 1.29 is 14.0 Å². The Morgan fingerprint density at radius 2 is 1.72 bits per heavy atom. The second-order valence-electron chi connectivity index (χ2n) is 6.15. The summed E-state index contributed by atoms with van der Waals surface area (Å²) in [6.45, 7) is 0.426. The van der Waals surface area contributed by atoms with Crippen LogP contribution < -0.4 is 10.6 Å². The summed E-state index contributed by atoms with van der Waals surface area (Å²) >= 11 is 5.84. The second kappa shape index (κ2) is 7.23. The number of halogens is 2. The van der Waals surface area contributed by atoms with Crippen molar-refractivity contribution in [2.75, 3.05) is 11.9 Å². The SMILES string of the molecule is O=C(NCCc1ccc(Cl)cc1)C1(C(=O)Nc2ccccc2F)CC1. The smallest absolute Gasteiger partial charge is 0.240 e. The predicted molar refractivity (Wildman–Crippen MR) is 94.9 cm³/mol. The van der Waals surface area contributed by atoms with Crippen LogP contribution in [-0.2, 0) is 16.0 Å². The van der Waals surface area contributed by atoms with E-state index in [0.717, 1.165) is 5.56 Å². The molecular formula is C19H18ClFN2O2. The molecule has 2 amide bonds. The highest BCUT2D eigenvalue weighted by molar-refractivity contribution is 6.30. The van der Waals surface area contributed by atoms with Gasteiger partial charge in [-0.3, -0.25) is 9.59 Å². The standard InChI is InChI=1S/C19H18ClFN2O2/c20-14-7-5-13(6-8-14)9-12-22-17(24)19(10-11-19)18(25)23-16-4-2-1-3-15(16)21/h1-8H,9-12H2,(H,22,24)(H,23,25). The maximum atomic E-state index is 13.7. The van der Waals surface area contributed by atoms with E-state index in [1.807, 2.05) is 12.1 Å². The Labute approximate surface area is 150 Å². The highest BCUT2D eigenvalue weighted by Crippen LogP contribution is 2.46. The van der Waals surface area contributed by atoms with E-state index in [9.17, 15) is 14.0 Å². The highest BCUT2D eigenvalue weighted by atomic mass is 35.5. The largest absolute Gasteiger partial charge is 0.355 e. The zero-order chi connectivity index (χ0) is 17.9. The van der Waals surface area contributed by atoms with E-state index in [4.69, 9.17) is 11.6 Å². The van der Waals surface area contributed by atoms with Crippen molar-refractivity contribution in [2.45, 2.75) is 19.3 Å². The average molecular weight is 361 g/mol. The minimum atomic E-state index is -1.08. The Hall–Kier alpha value is -2.40. The summed E-state index contributed by atoms with van der Waals surface area (Å²) in [5.74, 6) is -1.29. The zero-order valence-electron chi connectivity index (χ0n) is 13.5. The van der Waals surface area contributed by atoms with Crippen molar-refractivity contribution in [3.05, 3.63) is 64.9 Å². The molecule has 1 fully saturated rings. The van der Waals surface area contributed by atoms with E-state index in [1.165, 1.54) is 12.1 Å². The fraction of sp³-hybridized carbons (Fsp3) is 0.263. The molecule has 130 valence electrons. The van der Waals surface area contributed by atoms with Gasteiger partial charge in [0.15, 0.2) is 0 Å². The molecule has 0 radical (unpaired) electrons. The first-order valence-corrected chi connectivity index (χ1v) is 8.48. The Bertz CT molecular complexity index is 788. The van der Waals surface area contributed by atoms with Crippen LogP contribution in [-0.4, -0.2) is 18.4 Å². The second-order valence-corrected chi connectivity index (χ2v) is 6.58. The van der Waals surface area contributed by atoms with Gasteiger partial charge in [0, 0.05) is 11.6 Å². The monoisotopic (exact) mass is 360 g/mol. The minimum Gasteiger partial charge on any atom is -0.355 e. The number of carbonyl (C=O) groups is 2. The van der Waals surface area contributed by atoms with Gasteiger partial charge in [-0.25, -0.2) is 4.39 Å². The van der Waals surface area contributed by atoms with Crippen LogP contribution in [0.25, 0.3) is 0 Å². The number of hydrogen-bond donors (Lipinski definition) is 2. The van der Waals surface area contributed by atoms with E-state index in [0.29, 0.717) is 30.8 Å². The van der Waals surface area contributed by atoms with Crippen LogP contribution in [0.15, 0.2) is 48.5 Å². The van der Waals surface area contributed by atoms with Gasteiger partial charge in [-0.1, -0.05) is 35.9 Å². The molecule has 0 unspecified atom stereocenters. The Morgan fingerprint density at radius 3 is 2.36 bits per heavy atom. The third kappa shape index (κ3) is 3.99. The first-order valence-electron chi connectivity index (χ1n) is 8.10. The molecule has 4 nitrogen and oxygen atoms in total. The van der Waals surface area contributed by atoms with Crippen molar-refractivity contribution in [3.63, 3.8) is 0 Å². The van der Waals surface area contributed by atoms with Gasteiger partial charge in [0.25, 0.3) is 0 Å². The van der Waals surface area contributed by atoms with E-state index >= 15 is 0 Å². The first-order chi connectivity index (χ1) is 12.0. The van der Waals surface area contributed by atoms with Crippen molar-refractivity contribution in [3.8, 4) is 0 Å². The van der Waals surface area contributed by atoms with Crippen molar-refractivity contribution >= 4 is 29.1 Å². The van der Waals surface area contributed by atoms with Crippen LogP contribution in [0.2, 0.25) is 5.02 Å². The predicted octanol–water partition coefficient (Wildman–Crippen LogP) is 3.56. The van der Waals surface area contributed by atoms with E-state index < -0.39 is 17.1 Å². The summed E-state index contributed by atoms with van der Waals surface area (Å²) < 4.78 is 13.7. The fourth-order valence-electron chi connectivity index (χ4n) is 2.63. The molecule has 3 rings (SSSR count). The van der Waals surface area contributed by atoms with Crippen LogP contribution in [0, 0.1) is 11.2 Å². The van der Waals surface area contributed by atoms with Gasteiger partial charge in [0.1, 0.15) is 11.2 Å². The molecule has 0 saturated heterocycles. The molecule has 2 N–H and O–H groups in total. The molecule has 1 aliphatic rings. The van der Waals surface area contributed by atoms with Gasteiger partial charge in [-0.05, 0) is 49.1 Å². The molecule has 1 saturated carbocycles. The minimum absolute atomic E-state index is 0.0905. The highest BCUT2D eigenvalue weighted by Gasteiger charge is 2.56. The molecule has 0 aromatic heterocycles. The number of carbonyl (C=O) groups excluding carboxylic acids is 2. The van der Waals surface area contributed by atoms with Gasteiger partial charge < -0.3 is 10.6 Å². The lowest BCUT2D eigenvalue weighted by molar-refractivity contribution is -0.134. The number of anilines is 1. The van der Waals surface area contributed by atoms with Crippen LogP contribution in [0.3, 0.4) is 0 Å². The molecule has 0 heterocycles. The van der Waals surface area contributed by atoms with Crippen molar-refractivity contribution in [1.29, 1.82) is 0 Å². The summed E-state index contributed by atoms with van der Waals surface area (Å²) in [7, 11) is 0. The summed E-state index contributed by atoms with van der Waals surface area (Å²) in [5, 5.41) is 5.98. The van der Waals surface area contributed by atoms with Crippen LogP contribution in [0.5, 0.6) is 0 Å². The summed E-state index contributed by atoms with van der Waals surface area (Å²) in [5.41, 5.74) is 0.0561. The van der Waals surface area contributed by atoms with Crippen LogP contribution >= 0.6 is 11.6 Å². The van der Waals surface area contributed by atoms with Gasteiger partial charge >= 0.3 is 0 Å². The molecule has 0 atom stereocenters. The molecule has 0 aliphatic heterocycles. The quantitative estimate of drug-likeness (QED) is 0.774. The molecule has 0 bridgehead atoms. The van der Waals surface area contributed by atoms with Crippen LogP contribution in [0.4, 0.5) is 10.1 Å². The molecule has 1 aliphatic carbocycles. The average Bonchev–Trinajstić information content (AvgIpc) is 3.40. The maximum Gasteiger partial charge on any atom is 0.240 e. The van der Waals surface area contributed by atoms with Crippen molar-refractivity contribution in [2.24, 2.45) is 5.41 Å². The van der Waals surface area contributed by atoms with Gasteiger partial charge in [0.2, 0.25) is 11.8 Å². The molecule has 2 aromatic carbocycles. The lowest BCUT2D eigenvalue weighted by Crippen LogP contribution is -2.40. The third-order valence-electron chi connectivity index (χ3n) is 4.35. The van der Waals surface area contributed by atoms with E-state index in [2.05, 4.69) is 10.6 Å². The number of para-hydroxylation sites is 1. The topological polar surface area (TPSA) is 58.2 Å². The number of amides is 2. The fourth-order valence-corrected chi connectivity index (χ4v) is 2.75. The normalized spacial score (nSPS) is 14.6. The van der Waals surface area contributed by atoms with Gasteiger partial charge in [-0.15, -0.1) is 0 Å². The summed E-state index contributed by atoms with van der Waals surface area (Å²) in [6, 6.07) is 13.3. The lowest BCUT2D eigenvalue weighted by Gasteiger charge is -2.15. The Morgan fingerprint density at radius 1 is 1.04 bits per heavy atom. The summed E-state index contributed by atoms with van der Waals surface area (Å²) in [4.78, 5) is 24.8. The van der Waals surface area contributed by atoms with Gasteiger partial charge in [-0.2, -0.15) is 0 Å². The van der Waals surface area contributed by atoms with E-state index in [1.54, 1.807) is 24.3 Å². The summed E-state index contributed by atoms with van der Waals surface area (Å²) in [6.07, 6.45) is 1.59. The zero-order valence-corrected chi connectivity index (χ0v) is 14.3. The van der Waals surface area contributed by atoms with E-state index in [-0.39, 0.29) is 11.6 Å². The Kier molecular flexibility index (Phi) is 5.04. The molecule has 2 aromatic rings. The number of nitrogens with one attached hydrogen (secondary N) is 2. The molecule has 25 heavy (non-hydrogen) atoms. The van der Waals surface area contributed by atoms with Crippen LogP contribution in [0.1, 0.15) is 18.4 Å². The number of rotatable bonds is 6. The number of benzene rings is 2. The maximum absolute atomic E-state index is 13.7. The van der Waals surface area contributed by atoms with Crippen molar-refractivity contribution in [1.82, 2.24) is 5.32 Å². The Balaban J connectivity index is 1.55. The molecule has 6 heteroatoms. The molecular weight excluding hydrogens is 343 g/mol. The molecule has 0 spiro atoms. The third-order valence-corrected chi connectivity index (χ3v) is 4.61. The lowest BCUT2D eigenvalue weighted by atomic mass is 10.0. The van der Waals surface area contributed by atoms with Gasteiger partial charge in [0.05, 0.1) is 5.69 Å². The first kappa shape index (κ1) is 17.4.